The fourth-order valence-corrected chi connectivity index (χ4v) is 4.10. The van der Waals surface area contributed by atoms with E-state index in [1.807, 2.05) is 0 Å². The molecule has 1 N–H and O–H groups in total. The number of benzene rings is 2. The fraction of sp³-hybridized carbons (Fsp3) is 0.143. The molecule has 0 aliphatic carbocycles. The average Bonchev–Trinajstić information content (AvgIpc) is 2.66. The second-order valence-corrected chi connectivity index (χ2v) is 6.64. The van der Waals surface area contributed by atoms with E-state index >= 15 is 0 Å². The Balaban J connectivity index is 2.00. The summed E-state index contributed by atoms with van der Waals surface area (Å²) in [6, 6.07) is 9.02. The summed E-state index contributed by atoms with van der Waals surface area (Å²) >= 11 is 0. The lowest BCUT2D eigenvalue weighted by Crippen LogP contribution is -2.14. The number of anilines is 1. The molecule has 1 heterocycles. The highest BCUT2D eigenvalue weighted by Crippen LogP contribution is 2.35. The molecule has 0 aromatic heterocycles. The van der Waals surface area contributed by atoms with Gasteiger partial charge in [-0.15, -0.1) is 0 Å². The first-order valence-electron chi connectivity index (χ1n) is 6.01. The third kappa shape index (κ3) is 2.16. The molecule has 2 aromatic carbocycles. The van der Waals surface area contributed by atoms with Crippen LogP contribution in [0.1, 0.15) is 11.6 Å². The monoisotopic (exact) mass is 295 g/mol. The average molecular weight is 295 g/mol. The van der Waals surface area contributed by atoms with E-state index in [-0.39, 0.29) is 16.3 Å². The van der Waals surface area contributed by atoms with Crippen LogP contribution < -0.4 is 5.32 Å². The normalized spacial score (nSPS) is 19.6. The first-order chi connectivity index (χ1) is 9.47. The largest absolute Gasteiger partial charge is 0.375 e. The molecule has 6 heteroatoms. The molecule has 3 rings (SSSR count). The van der Waals surface area contributed by atoms with Crippen molar-refractivity contribution in [3.63, 3.8) is 0 Å². The van der Waals surface area contributed by atoms with Gasteiger partial charge in [-0.3, -0.25) is 0 Å². The van der Waals surface area contributed by atoms with Gasteiger partial charge in [-0.1, -0.05) is 18.2 Å². The van der Waals surface area contributed by atoms with E-state index in [0.29, 0.717) is 5.56 Å². The van der Waals surface area contributed by atoms with Crippen LogP contribution in [0.5, 0.6) is 0 Å². The van der Waals surface area contributed by atoms with Gasteiger partial charge in [0, 0.05) is 0 Å². The zero-order chi connectivity index (χ0) is 14.3. The van der Waals surface area contributed by atoms with Crippen molar-refractivity contribution in [1.29, 1.82) is 0 Å². The molecule has 0 amide bonds. The van der Waals surface area contributed by atoms with Gasteiger partial charge in [0.15, 0.2) is 9.84 Å². The zero-order valence-electron chi connectivity index (χ0n) is 10.3. The van der Waals surface area contributed by atoms with Crippen LogP contribution >= 0.6 is 0 Å². The lowest BCUT2D eigenvalue weighted by atomic mass is 10.1. The van der Waals surface area contributed by atoms with Gasteiger partial charge in [0.1, 0.15) is 11.6 Å². The number of rotatable bonds is 2. The van der Waals surface area contributed by atoms with Gasteiger partial charge in [-0.2, -0.15) is 0 Å². The number of nitrogens with one attached hydrogen (secondary N) is 1. The van der Waals surface area contributed by atoms with Crippen molar-refractivity contribution in [2.24, 2.45) is 0 Å². The molecule has 3 nitrogen and oxygen atoms in total. The summed E-state index contributed by atoms with van der Waals surface area (Å²) in [5.74, 6) is -1.36. The van der Waals surface area contributed by atoms with Crippen molar-refractivity contribution < 1.29 is 17.2 Å². The van der Waals surface area contributed by atoms with Crippen molar-refractivity contribution >= 4 is 15.5 Å². The molecule has 0 radical (unpaired) electrons. The molecule has 1 unspecified atom stereocenters. The van der Waals surface area contributed by atoms with Crippen LogP contribution in [0.15, 0.2) is 47.4 Å². The Kier molecular flexibility index (Phi) is 2.97. The zero-order valence-corrected chi connectivity index (χ0v) is 11.1. The predicted octanol–water partition coefficient (Wildman–Crippen LogP) is 2.91. The Bertz CT molecular complexity index is 774. The third-order valence-corrected chi connectivity index (χ3v) is 5.09. The second kappa shape index (κ2) is 4.56. The first-order valence-corrected chi connectivity index (χ1v) is 7.66. The third-order valence-electron chi connectivity index (χ3n) is 3.27. The molecule has 104 valence electrons. The molecule has 1 aliphatic heterocycles. The van der Waals surface area contributed by atoms with Crippen molar-refractivity contribution in [3.8, 4) is 0 Å². The minimum absolute atomic E-state index is 0.0399. The summed E-state index contributed by atoms with van der Waals surface area (Å²) in [5.41, 5.74) is 0.540. The molecule has 2 aromatic rings. The first kappa shape index (κ1) is 13.1. The Morgan fingerprint density at radius 2 is 1.85 bits per heavy atom. The minimum atomic E-state index is -3.38. The SMILES string of the molecule is O=S1(=O)CC(Nc2cc(F)ccc2F)c2ccccc21. The maximum Gasteiger partial charge on any atom is 0.181 e. The smallest absolute Gasteiger partial charge is 0.181 e. The summed E-state index contributed by atoms with van der Waals surface area (Å²) in [6.07, 6.45) is 0. The summed E-state index contributed by atoms with van der Waals surface area (Å²) in [4.78, 5) is 0.245. The molecule has 20 heavy (non-hydrogen) atoms. The van der Waals surface area contributed by atoms with Crippen molar-refractivity contribution in [2.45, 2.75) is 10.9 Å². The van der Waals surface area contributed by atoms with E-state index < -0.39 is 27.5 Å². The molecule has 1 atom stereocenters. The van der Waals surface area contributed by atoms with E-state index in [9.17, 15) is 17.2 Å². The summed E-state index contributed by atoms with van der Waals surface area (Å²) in [5, 5.41) is 2.77. The van der Waals surface area contributed by atoms with Gasteiger partial charge >= 0.3 is 0 Å². The Labute approximate surface area is 115 Å². The van der Waals surface area contributed by atoms with Crippen LogP contribution in [0.25, 0.3) is 0 Å². The highest BCUT2D eigenvalue weighted by Gasteiger charge is 2.34. The maximum absolute atomic E-state index is 13.6. The minimum Gasteiger partial charge on any atom is -0.375 e. The van der Waals surface area contributed by atoms with Crippen molar-refractivity contribution in [3.05, 3.63) is 59.7 Å². The predicted molar refractivity (Wildman–Crippen MR) is 71.2 cm³/mol. The van der Waals surface area contributed by atoms with Crippen LogP contribution in [-0.4, -0.2) is 14.2 Å². The van der Waals surface area contributed by atoms with Gasteiger partial charge in [0.25, 0.3) is 0 Å². The molecule has 0 saturated carbocycles. The van der Waals surface area contributed by atoms with E-state index in [1.54, 1.807) is 18.2 Å². The van der Waals surface area contributed by atoms with Crippen molar-refractivity contribution in [1.82, 2.24) is 0 Å². The lowest BCUT2D eigenvalue weighted by Gasteiger charge is -2.14. The Morgan fingerprint density at radius 3 is 2.65 bits per heavy atom. The summed E-state index contributed by atoms with van der Waals surface area (Å²) in [6.45, 7) is 0. The van der Waals surface area contributed by atoms with Crippen LogP contribution in [0.2, 0.25) is 0 Å². The van der Waals surface area contributed by atoms with Gasteiger partial charge in [0.2, 0.25) is 0 Å². The summed E-state index contributed by atoms with van der Waals surface area (Å²) < 4.78 is 50.8. The second-order valence-electron chi connectivity index (χ2n) is 4.64. The molecule has 0 fully saturated rings. The van der Waals surface area contributed by atoms with E-state index in [2.05, 4.69) is 5.32 Å². The highest BCUT2D eigenvalue weighted by atomic mass is 32.2. The topological polar surface area (TPSA) is 46.2 Å². The van der Waals surface area contributed by atoms with Gasteiger partial charge < -0.3 is 5.32 Å². The molecule has 1 aliphatic rings. The standard InChI is InChI=1S/C14H11F2NO2S/c15-9-5-6-11(16)12(7-9)17-13-8-20(18,19)14-4-2-1-3-10(13)14/h1-7,13,17H,8H2. The fourth-order valence-electron chi connectivity index (χ4n) is 2.37. The quantitative estimate of drug-likeness (QED) is 0.926. The molecule has 0 spiro atoms. The number of halogens is 2. The molecular weight excluding hydrogens is 284 g/mol. The van der Waals surface area contributed by atoms with Gasteiger partial charge in [-0.25, -0.2) is 17.2 Å². The van der Waals surface area contributed by atoms with Gasteiger partial charge in [0.05, 0.1) is 22.4 Å². The Morgan fingerprint density at radius 1 is 1.10 bits per heavy atom. The maximum atomic E-state index is 13.6. The van der Waals surface area contributed by atoms with Crippen molar-refractivity contribution in [2.75, 3.05) is 11.1 Å². The highest BCUT2D eigenvalue weighted by molar-refractivity contribution is 7.91. The Hall–Kier alpha value is -1.95. The molecule has 0 saturated heterocycles. The lowest BCUT2D eigenvalue weighted by molar-refractivity contribution is 0.596. The number of sulfone groups is 1. The van der Waals surface area contributed by atoms with E-state index in [4.69, 9.17) is 0 Å². The van der Waals surface area contributed by atoms with Crippen LogP contribution in [0.4, 0.5) is 14.5 Å². The van der Waals surface area contributed by atoms with E-state index in [1.165, 1.54) is 6.07 Å². The summed E-state index contributed by atoms with van der Waals surface area (Å²) in [7, 11) is -3.38. The van der Waals surface area contributed by atoms with Crippen LogP contribution in [0.3, 0.4) is 0 Å². The molecule has 0 bridgehead atoms. The number of hydrogen-bond acceptors (Lipinski definition) is 3. The van der Waals surface area contributed by atoms with Crippen LogP contribution in [-0.2, 0) is 9.84 Å². The van der Waals surface area contributed by atoms with E-state index in [0.717, 1.165) is 18.2 Å². The number of fused-ring (bicyclic) bond motifs is 1. The molecular formula is C14H11F2NO2S. The van der Waals surface area contributed by atoms with Crippen LogP contribution in [0, 0.1) is 11.6 Å². The van der Waals surface area contributed by atoms with Gasteiger partial charge in [-0.05, 0) is 29.8 Å². The number of hydrogen-bond donors (Lipinski definition) is 1.